The molecule has 4 nitrogen and oxygen atoms in total. The zero-order chi connectivity index (χ0) is 13.3. The third-order valence-electron chi connectivity index (χ3n) is 2.92. The van der Waals surface area contributed by atoms with Crippen molar-refractivity contribution in [2.24, 2.45) is 0 Å². The van der Waals surface area contributed by atoms with Gasteiger partial charge in [-0.05, 0) is 23.8 Å². The van der Waals surface area contributed by atoms with Crippen LogP contribution in [0, 0.1) is 0 Å². The normalized spacial score (nSPS) is 26.3. The van der Waals surface area contributed by atoms with Crippen LogP contribution in [0.25, 0.3) is 0 Å². The average Bonchev–Trinajstić information content (AvgIpc) is 2.79. The van der Waals surface area contributed by atoms with Crippen molar-refractivity contribution in [3.8, 4) is 0 Å². The number of esters is 1. The Balaban J connectivity index is 2.45. The number of rotatable bonds is 3. The second-order valence-corrected chi connectivity index (χ2v) is 5.67. The van der Waals surface area contributed by atoms with Gasteiger partial charge in [0, 0.05) is 18.7 Å². The van der Waals surface area contributed by atoms with Gasteiger partial charge in [0.1, 0.15) is 11.4 Å². The maximum absolute atomic E-state index is 11.6. The van der Waals surface area contributed by atoms with E-state index in [1.54, 1.807) is 26.4 Å². The minimum absolute atomic E-state index is 0.179. The van der Waals surface area contributed by atoms with E-state index in [0.29, 0.717) is 12.2 Å². The molecule has 1 aliphatic heterocycles. The lowest BCUT2D eigenvalue weighted by Crippen LogP contribution is -2.43. The third-order valence-corrected chi connectivity index (χ3v) is 5.35. The Kier molecular flexibility index (Phi) is 4.11. The smallest absolute Gasteiger partial charge is 0.338 e. The Bertz CT molecular complexity index is 461. The molecule has 1 unspecified atom stereocenters. The molecule has 0 aromatic heterocycles. The topological polar surface area (TPSA) is 44.8 Å². The van der Waals surface area contributed by atoms with Crippen LogP contribution in [-0.4, -0.2) is 37.4 Å². The summed E-state index contributed by atoms with van der Waals surface area (Å²) in [5.41, 5.74) is 1.26. The second-order valence-electron chi connectivity index (χ2n) is 3.84. The monoisotopic (exact) mass is 378 g/mol. The van der Waals surface area contributed by atoms with Crippen molar-refractivity contribution in [3.63, 3.8) is 0 Å². The summed E-state index contributed by atoms with van der Waals surface area (Å²) < 4.78 is 16.6. The van der Waals surface area contributed by atoms with Gasteiger partial charge >= 0.3 is 5.97 Å². The van der Waals surface area contributed by atoms with Crippen LogP contribution in [0.5, 0.6) is 0 Å². The van der Waals surface area contributed by atoms with Crippen LogP contribution >= 0.6 is 31.9 Å². The van der Waals surface area contributed by atoms with Crippen LogP contribution in [-0.2, 0) is 19.0 Å². The van der Waals surface area contributed by atoms with Crippen LogP contribution in [0.2, 0.25) is 0 Å². The molecule has 2 rings (SSSR count). The number of alkyl halides is 1. The fourth-order valence-corrected chi connectivity index (χ4v) is 3.11. The Morgan fingerprint density at radius 1 is 1.44 bits per heavy atom. The van der Waals surface area contributed by atoms with Gasteiger partial charge < -0.3 is 14.2 Å². The quantitative estimate of drug-likeness (QED) is 0.429. The molecule has 0 spiro atoms. The van der Waals surface area contributed by atoms with Crippen LogP contribution in [0.1, 0.15) is 0 Å². The van der Waals surface area contributed by atoms with Crippen LogP contribution < -0.4 is 0 Å². The standard InChI is InChI=1S/C12H12Br2O4/c1-16-12(17-2)6-7(5-9(13)10(12)14)8-3-4-18-11(8)15/h3,5-6,10H,4H2,1-2H3. The predicted molar refractivity (Wildman–Crippen MR) is 73.6 cm³/mol. The molecule has 0 saturated carbocycles. The van der Waals surface area contributed by atoms with E-state index >= 15 is 0 Å². The van der Waals surface area contributed by atoms with E-state index < -0.39 is 5.79 Å². The first-order valence-electron chi connectivity index (χ1n) is 5.26. The summed E-state index contributed by atoms with van der Waals surface area (Å²) in [6.07, 6.45) is 5.37. The summed E-state index contributed by atoms with van der Waals surface area (Å²) in [6, 6.07) is 0. The summed E-state index contributed by atoms with van der Waals surface area (Å²) in [5, 5.41) is 0. The average molecular weight is 380 g/mol. The fraction of sp³-hybridized carbons (Fsp3) is 0.417. The van der Waals surface area contributed by atoms with Gasteiger partial charge in [-0.15, -0.1) is 0 Å². The molecule has 0 fully saturated rings. The minimum atomic E-state index is -0.952. The molecule has 0 amide bonds. The number of ether oxygens (including phenoxy) is 3. The SMILES string of the molecule is COC1(OC)C=C(C2=CCOC2=O)C=C(Br)C1Br. The summed E-state index contributed by atoms with van der Waals surface area (Å²) in [6.45, 7) is 0.307. The highest BCUT2D eigenvalue weighted by Crippen LogP contribution is 2.40. The Labute approximate surface area is 122 Å². The maximum Gasteiger partial charge on any atom is 0.338 e. The molecule has 0 radical (unpaired) electrons. The Hall–Kier alpha value is -0.430. The molecule has 6 heteroatoms. The molecule has 0 aromatic rings. The Morgan fingerprint density at radius 2 is 2.11 bits per heavy atom. The number of allylic oxidation sites excluding steroid dienone is 1. The van der Waals surface area contributed by atoms with Crippen molar-refractivity contribution in [1.29, 1.82) is 0 Å². The van der Waals surface area contributed by atoms with Crippen molar-refractivity contribution in [1.82, 2.24) is 0 Å². The van der Waals surface area contributed by atoms with E-state index in [4.69, 9.17) is 14.2 Å². The van der Waals surface area contributed by atoms with Gasteiger partial charge in [0.05, 0.1) is 5.57 Å². The Morgan fingerprint density at radius 3 is 2.61 bits per heavy atom. The number of carbonyl (C=O) groups is 1. The summed E-state index contributed by atoms with van der Waals surface area (Å²) >= 11 is 6.96. The molecule has 0 bridgehead atoms. The third kappa shape index (κ3) is 2.22. The molecule has 0 N–H and O–H groups in total. The highest BCUT2D eigenvalue weighted by molar-refractivity contribution is 9.14. The molecule has 1 aliphatic carbocycles. The van der Waals surface area contributed by atoms with E-state index in [0.717, 1.165) is 10.1 Å². The van der Waals surface area contributed by atoms with Gasteiger partial charge in [-0.25, -0.2) is 4.79 Å². The van der Waals surface area contributed by atoms with Crippen molar-refractivity contribution in [2.75, 3.05) is 20.8 Å². The van der Waals surface area contributed by atoms with Gasteiger partial charge in [0.15, 0.2) is 0 Å². The number of carbonyl (C=O) groups excluding carboxylic acids is 1. The first kappa shape index (κ1) is 14.0. The van der Waals surface area contributed by atoms with E-state index in [2.05, 4.69) is 31.9 Å². The predicted octanol–water partition coefficient (Wildman–Crippen LogP) is 2.44. The van der Waals surface area contributed by atoms with Crippen molar-refractivity contribution in [3.05, 3.63) is 33.9 Å². The first-order chi connectivity index (χ1) is 8.54. The van der Waals surface area contributed by atoms with E-state index in [1.807, 2.05) is 6.08 Å². The summed E-state index contributed by atoms with van der Waals surface area (Å²) in [5.74, 6) is -1.28. The van der Waals surface area contributed by atoms with Crippen LogP contribution in [0.4, 0.5) is 0 Å². The highest BCUT2D eigenvalue weighted by Gasteiger charge is 2.41. The van der Waals surface area contributed by atoms with Gasteiger partial charge in [0.2, 0.25) is 5.79 Å². The van der Waals surface area contributed by atoms with Gasteiger partial charge in [-0.1, -0.05) is 31.9 Å². The van der Waals surface area contributed by atoms with Crippen molar-refractivity contribution in [2.45, 2.75) is 10.6 Å². The molecule has 0 saturated heterocycles. The van der Waals surface area contributed by atoms with Gasteiger partial charge in [0.25, 0.3) is 0 Å². The zero-order valence-electron chi connectivity index (χ0n) is 9.91. The first-order valence-corrected chi connectivity index (χ1v) is 6.97. The van der Waals surface area contributed by atoms with E-state index in [-0.39, 0.29) is 10.8 Å². The van der Waals surface area contributed by atoms with E-state index in [9.17, 15) is 4.79 Å². The summed E-state index contributed by atoms with van der Waals surface area (Å²) in [4.78, 5) is 11.4. The number of cyclic esters (lactones) is 1. The maximum atomic E-state index is 11.6. The lowest BCUT2D eigenvalue weighted by Gasteiger charge is -2.35. The highest BCUT2D eigenvalue weighted by atomic mass is 79.9. The second kappa shape index (κ2) is 5.28. The number of hydrogen-bond acceptors (Lipinski definition) is 4. The molecule has 2 aliphatic rings. The molecule has 0 aromatic carbocycles. The van der Waals surface area contributed by atoms with E-state index in [1.165, 1.54) is 0 Å². The van der Waals surface area contributed by atoms with Crippen LogP contribution in [0.3, 0.4) is 0 Å². The fourth-order valence-electron chi connectivity index (χ4n) is 1.91. The van der Waals surface area contributed by atoms with Crippen LogP contribution in [0.15, 0.2) is 33.9 Å². The molecular weight excluding hydrogens is 368 g/mol. The number of methoxy groups -OCH3 is 2. The lowest BCUT2D eigenvalue weighted by molar-refractivity contribution is -0.163. The molecule has 98 valence electrons. The molecule has 18 heavy (non-hydrogen) atoms. The van der Waals surface area contributed by atoms with Crippen molar-refractivity contribution >= 4 is 37.8 Å². The molecular formula is C12H12Br2O4. The van der Waals surface area contributed by atoms with Crippen molar-refractivity contribution < 1.29 is 19.0 Å². The number of halogens is 2. The largest absolute Gasteiger partial charge is 0.458 e. The number of hydrogen-bond donors (Lipinski definition) is 0. The van der Waals surface area contributed by atoms with Gasteiger partial charge in [-0.2, -0.15) is 0 Å². The van der Waals surface area contributed by atoms with Gasteiger partial charge in [-0.3, -0.25) is 0 Å². The molecule has 1 atom stereocenters. The lowest BCUT2D eigenvalue weighted by atomic mass is 9.96. The zero-order valence-corrected chi connectivity index (χ0v) is 13.1. The minimum Gasteiger partial charge on any atom is -0.458 e. The summed E-state index contributed by atoms with van der Waals surface area (Å²) in [7, 11) is 3.11. The molecule has 1 heterocycles.